The van der Waals surface area contributed by atoms with E-state index in [1.54, 1.807) is 14.0 Å². The number of imidazole rings is 1. The molecule has 4 rings (SSSR count). The third-order valence-corrected chi connectivity index (χ3v) is 5.83. The molecule has 0 spiro atoms. The Morgan fingerprint density at radius 1 is 1.19 bits per heavy atom. The van der Waals surface area contributed by atoms with Crippen LogP contribution in [0.3, 0.4) is 0 Å². The number of benzene rings is 1. The monoisotopic (exact) mass is 420 g/mol. The summed E-state index contributed by atoms with van der Waals surface area (Å²) in [6, 6.07) is 7.88. The van der Waals surface area contributed by atoms with E-state index in [4.69, 9.17) is 10.7 Å². The summed E-state index contributed by atoms with van der Waals surface area (Å²) in [7, 11) is 1.66. The fourth-order valence-electron chi connectivity index (χ4n) is 4.12. The Bertz CT molecular complexity index is 1290. The van der Waals surface area contributed by atoms with Crippen molar-refractivity contribution in [1.82, 2.24) is 18.7 Å². The van der Waals surface area contributed by atoms with Crippen molar-refractivity contribution in [2.24, 2.45) is 12.8 Å². The van der Waals surface area contributed by atoms with Gasteiger partial charge < -0.3 is 10.6 Å². The molecular weight excluding hydrogens is 392 g/mol. The van der Waals surface area contributed by atoms with Gasteiger partial charge in [0, 0.05) is 26.2 Å². The van der Waals surface area contributed by atoms with Crippen molar-refractivity contribution in [2.45, 2.75) is 45.8 Å². The van der Waals surface area contributed by atoms with E-state index in [1.165, 1.54) is 9.13 Å². The number of aromatic nitrogens is 4. The largest absolute Gasteiger partial charge is 0.341 e. The second-order valence-corrected chi connectivity index (χ2v) is 8.16. The van der Waals surface area contributed by atoms with Crippen molar-refractivity contribution < 1.29 is 0 Å². The standard InChI is InChI=1S/C23H28N6O2/c1-4-5-13-28-19-20(25-22(28)27-12-6-7-18(24)15-27)26(3)23(31)29(21(19)30)14-17-10-8-16(2)9-11-17/h8-11,18H,6-7,12-15,24H2,1-3H3/t18-/m1/s1. The summed E-state index contributed by atoms with van der Waals surface area (Å²) in [5.41, 5.74) is 8.24. The van der Waals surface area contributed by atoms with Crippen molar-refractivity contribution in [3.63, 3.8) is 0 Å². The first-order chi connectivity index (χ1) is 14.9. The molecule has 1 aliphatic rings. The Labute approximate surface area is 180 Å². The van der Waals surface area contributed by atoms with Crippen LogP contribution < -0.4 is 21.9 Å². The van der Waals surface area contributed by atoms with E-state index in [9.17, 15) is 9.59 Å². The van der Waals surface area contributed by atoms with E-state index in [0.29, 0.717) is 30.2 Å². The molecule has 8 nitrogen and oxygen atoms in total. The molecule has 0 aliphatic carbocycles. The van der Waals surface area contributed by atoms with Crippen LogP contribution in [-0.4, -0.2) is 37.8 Å². The molecule has 0 bridgehead atoms. The lowest BCUT2D eigenvalue weighted by Crippen LogP contribution is -2.44. The van der Waals surface area contributed by atoms with Crippen LogP contribution in [0.25, 0.3) is 11.2 Å². The van der Waals surface area contributed by atoms with E-state index >= 15 is 0 Å². The van der Waals surface area contributed by atoms with E-state index < -0.39 is 0 Å². The maximum Gasteiger partial charge on any atom is 0.332 e. The number of hydrogen-bond donors (Lipinski definition) is 1. The molecule has 0 amide bonds. The number of nitrogens with two attached hydrogens (primary N) is 1. The van der Waals surface area contributed by atoms with Gasteiger partial charge in [0.1, 0.15) is 0 Å². The number of nitrogens with zero attached hydrogens (tertiary/aromatic N) is 5. The van der Waals surface area contributed by atoms with Crippen molar-refractivity contribution in [3.05, 3.63) is 56.2 Å². The molecule has 2 N–H and O–H groups in total. The van der Waals surface area contributed by atoms with E-state index in [1.807, 2.05) is 35.8 Å². The molecule has 1 fully saturated rings. The first kappa shape index (κ1) is 20.9. The van der Waals surface area contributed by atoms with Crippen LogP contribution in [0.2, 0.25) is 0 Å². The zero-order valence-corrected chi connectivity index (χ0v) is 18.3. The number of rotatable bonds is 4. The van der Waals surface area contributed by atoms with Crippen molar-refractivity contribution in [3.8, 4) is 11.8 Å². The average Bonchev–Trinajstić information content (AvgIpc) is 3.15. The second kappa shape index (κ2) is 8.44. The normalized spacial score (nSPS) is 16.4. The fraction of sp³-hybridized carbons (Fsp3) is 0.435. The second-order valence-electron chi connectivity index (χ2n) is 8.16. The molecule has 162 valence electrons. The van der Waals surface area contributed by atoms with Crippen molar-refractivity contribution in [2.75, 3.05) is 18.0 Å². The van der Waals surface area contributed by atoms with Crippen LogP contribution in [0.5, 0.6) is 0 Å². The summed E-state index contributed by atoms with van der Waals surface area (Å²) in [4.78, 5) is 33.4. The molecule has 3 aromatic rings. The van der Waals surface area contributed by atoms with Crippen LogP contribution in [0.1, 0.15) is 30.9 Å². The number of hydrogen-bond acceptors (Lipinski definition) is 5. The maximum absolute atomic E-state index is 13.5. The minimum Gasteiger partial charge on any atom is -0.341 e. The summed E-state index contributed by atoms with van der Waals surface area (Å²) >= 11 is 0. The quantitative estimate of drug-likeness (QED) is 0.641. The van der Waals surface area contributed by atoms with Gasteiger partial charge in [-0.05, 0) is 32.3 Å². The molecule has 1 saturated heterocycles. The van der Waals surface area contributed by atoms with Gasteiger partial charge >= 0.3 is 5.69 Å². The Balaban J connectivity index is 1.91. The highest BCUT2D eigenvalue weighted by atomic mass is 16.2. The predicted octanol–water partition coefficient (Wildman–Crippen LogP) is 1.20. The summed E-state index contributed by atoms with van der Waals surface area (Å²) in [5, 5.41) is 0. The van der Waals surface area contributed by atoms with E-state index in [0.717, 1.165) is 30.5 Å². The lowest BCUT2D eigenvalue weighted by molar-refractivity contribution is 0.496. The molecule has 0 radical (unpaired) electrons. The van der Waals surface area contributed by atoms with E-state index in [2.05, 4.69) is 16.7 Å². The molecule has 3 heterocycles. The lowest BCUT2D eigenvalue weighted by atomic mass is 10.1. The SMILES string of the molecule is CC#CCn1c(N2CCC[C@@H](N)C2)nc2c1c(=O)n(Cc1ccc(C)cc1)c(=O)n2C. The molecule has 2 aromatic heterocycles. The maximum atomic E-state index is 13.5. The average molecular weight is 421 g/mol. The minimum absolute atomic E-state index is 0.0567. The van der Waals surface area contributed by atoms with Gasteiger partial charge in [-0.3, -0.25) is 18.5 Å². The molecule has 1 aromatic carbocycles. The zero-order chi connectivity index (χ0) is 22.1. The highest BCUT2D eigenvalue weighted by molar-refractivity contribution is 5.75. The molecular formula is C23H28N6O2. The number of anilines is 1. The highest BCUT2D eigenvalue weighted by Crippen LogP contribution is 2.22. The van der Waals surface area contributed by atoms with E-state index in [-0.39, 0.29) is 23.8 Å². The number of piperidine rings is 1. The third-order valence-electron chi connectivity index (χ3n) is 5.83. The highest BCUT2D eigenvalue weighted by Gasteiger charge is 2.26. The smallest absolute Gasteiger partial charge is 0.332 e. The van der Waals surface area contributed by atoms with Crippen LogP contribution >= 0.6 is 0 Å². The number of fused-ring (bicyclic) bond motifs is 1. The van der Waals surface area contributed by atoms with Crippen LogP contribution in [0.15, 0.2) is 33.9 Å². The minimum atomic E-state index is -0.383. The van der Waals surface area contributed by atoms with Gasteiger partial charge in [-0.2, -0.15) is 4.98 Å². The first-order valence-corrected chi connectivity index (χ1v) is 10.6. The van der Waals surface area contributed by atoms with Gasteiger partial charge in [0.15, 0.2) is 11.2 Å². The van der Waals surface area contributed by atoms with Crippen LogP contribution in [0, 0.1) is 18.8 Å². The molecule has 0 unspecified atom stereocenters. The third kappa shape index (κ3) is 3.89. The zero-order valence-electron chi connectivity index (χ0n) is 18.3. The summed E-state index contributed by atoms with van der Waals surface area (Å²) in [6.45, 7) is 5.77. The van der Waals surface area contributed by atoms with Gasteiger partial charge in [0.05, 0.1) is 13.1 Å². The Morgan fingerprint density at radius 2 is 1.94 bits per heavy atom. The Morgan fingerprint density at radius 3 is 2.61 bits per heavy atom. The van der Waals surface area contributed by atoms with Crippen molar-refractivity contribution >= 4 is 17.1 Å². The molecule has 0 saturated carbocycles. The fourth-order valence-corrected chi connectivity index (χ4v) is 4.12. The van der Waals surface area contributed by atoms with Gasteiger partial charge in [-0.25, -0.2) is 4.79 Å². The molecule has 8 heteroatoms. The number of aryl methyl sites for hydroxylation is 2. The lowest BCUT2D eigenvalue weighted by Gasteiger charge is -2.31. The van der Waals surface area contributed by atoms with Crippen LogP contribution in [0.4, 0.5) is 5.95 Å². The Hall–Kier alpha value is -3.31. The predicted molar refractivity (Wildman–Crippen MR) is 122 cm³/mol. The van der Waals surface area contributed by atoms with Gasteiger partial charge in [0.25, 0.3) is 5.56 Å². The summed E-state index contributed by atoms with van der Waals surface area (Å²) in [6.07, 6.45) is 1.92. The summed E-state index contributed by atoms with van der Waals surface area (Å²) < 4.78 is 4.56. The molecule has 1 aliphatic heterocycles. The first-order valence-electron chi connectivity index (χ1n) is 10.6. The Kier molecular flexibility index (Phi) is 5.70. The topological polar surface area (TPSA) is 91.1 Å². The summed E-state index contributed by atoms with van der Waals surface area (Å²) in [5.74, 6) is 6.59. The molecule has 31 heavy (non-hydrogen) atoms. The van der Waals surface area contributed by atoms with Gasteiger partial charge in [-0.15, -0.1) is 5.92 Å². The van der Waals surface area contributed by atoms with Gasteiger partial charge in [-0.1, -0.05) is 35.7 Å². The van der Waals surface area contributed by atoms with Crippen molar-refractivity contribution in [1.29, 1.82) is 0 Å². The van der Waals surface area contributed by atoms with Gasteiger partial charge in [0.2, 0.25) is 5.95 Å². The molecule has 1 atom stereocenters. The van der Waals surface area contributed by atoms with Crippen LogP contribution in [-0.2, 0) is 20.1 Å².